The van der Waals surface area contributed by atoms with Gasteiger partial charge in [-0.1, -0.05) is 57.4 Å². The molecule has 0 N–H and O–H groups in total. The number of hydrogen-bond donors (Lipinski definition) is 0. The van der Waals surface area contributed by atoms with Crippen molar-refractivity contribution >= 4 is 45.4 Å². The zero-order valence-corrected chi connectivity index (χ0v) is 18.9. The van der Waals surface area contributed by atoms with E-state index in [0.717, 1.165) is 39.3 Å². The average molecular weight is 426 g/mol. The van der Waals surface area contributed by atoms with Crippen LogP contribution in [0.5, 0.6) is 0 Å². The Kier molecular flexibility index (Phi) is 6.20. The van der Waals surface area contributed by atoms with Crippen molar-refractivity contribution in [3.63, 3.8) is 0 Å². The van der Waals surface area contributed by atoms with Gasteiger partial charge < -0.3 is 0 Å². The van der Waals surface area contributed by atoms with Crippen molar-refractivity contribution < 1.29 is 4.79 Å². The monoisotopic (exact) mass is 425 g/mol. The number of hydrogen-bond acceptors (Lipinski definition) is 5. The first-order valence-corrected chi connectivity index (χ1v) is 12.0. The van der Waals surface area contributed by atoms with Crippen LogP contribution in [-0.2, 0) is 4.79 Å². The lowest BCUT2D eigenvalue weighted by Crippen LogP contribution is -2.40. The maximum Gasteiger partial charge on any atom is 0.267 e. The summed E-state index contributed by atoms with van der Waals surface area (Å²) in [5, 5.41) is 3.50. The second-order valence-corrected chi connectivity index (χ2v) is 9.91. The van der Waals surface area contributed by atoms with Crippen LogP contribution in [0.3, 0.4) is 0 Å². The number of aromatic nitrogens is 1. The number of amidine groups is 1. The molecule has 0 spiro atoms. The molecule has 152 valence electrons. The molecule has 1 saturated heterocycles. The SMILES string of the molecule is Cc1csc(/N=C2/S/C(=C\c3ccc(C(C)C)cc3)C(=O)N2C2CCCCC2)n1. The highest BCUT2D eigenvalue weighted by molar-refractivity contribution is 8.18. The first kappa shape index (κ1) is 20.4. The third-order valence-electron chi connectivity index (χ3n) is 5.48. The van der Waals surface area contributed by atoms with Gasteiger partial charge in [0.15, 0.2) is 5.17 Å². The van der Waals surface area contributed by atoms with Crippen LogP contribution in [0.2, 0.25) is 0 Å². The second-order valence-electron chi connectivity index (χ2n) is 8.06. The molecule has 2 heterocycles. The minimum atomic E-state index is 0.0851. The molecular formula is C23H27N3OS2. The summed E-state index contributed by atoms with van der Waals surface area (Å²) in [5.74, 6) is 0.586. The number of carbonyl (C=O) groups is 1. The van der Waals surface area contributed by atoms with E-state index in [0.29, 0.717) is 5.92 Å². The molecule has 1 aromatic carbocycles. The van der Waals surface area contributed by atoms with E-state index in [1.807, 2.05) is 23.3 Å². The Bertz CT molecular complexity index is 937. The van der Waals surface area contributed by atoms with E-state index in [-0.39, 0.29) is 11.9 Å². The maximum absolute atomic E-state index is 13.3. The summed E-state index contributed by atoms with van der Waals surface area (Å²) < 4.78 is 0. The van der Waals surface area contributed by atoms with Crippen molar-refractivity contribution in [3.05, 3.63) is 51.4 Å². The van der Waals surface area contributed by atoms with Gasteiger partial charge in [-0.15, -0.1) is 11.3 Å². The number of rotatable bonds is 4. The molecule has 1 aromatic heterocycles. The van der Waals surface area contributed by atoms with Crippen LogP contribution in [0.1, 0.15) is 68.7 Å². The average Bonchev–Trinajstić information content (AvgIpc) is 3.26. The van der Waals surface area contributed by atoms with Gasteiger partial charge in [-0.3, -0.25) is 9.69 Å². The lowest BCUT2D eigenvalue weighted by molar-refractivity contribution is -0.124. The lowest BCUT2D eigenvalue weighted by atomic mass is 9.94. The molecule has 1 saturated carbocycles. The standard InChI is InChI=1S/C23H27N3OS2/c1-15(2)18-11-9-17(10-12-18)13-20-21(27)26(19-7-5-4-6-8-19)23(29-20)25-22-24-16(3)14-28-22/h9-15,19H,4-8H2,1-3H3/b20-13-,25-23+. The zero-order valence-electron chi connectivity index (χ0n) is 17.2. The minimum absolute atomic E-state index is 0.0851. The van der Waals surface area contributed by atoms with E-state index < -0.39 is 0 Å². The Morgan fingerprint density at radius 2 is 1.90 bits per heavy atom. The predicted molar refractivity (Wildman–Crippen MR) is 124 cm³/mol. The summed E-state index contributed by atoms with van der Waals surface area (Å²) in [6.45, 7) is 6.35. The third-order valence-corrected chi connectivity index (χ3v) is 7.31. The summed E-state index contributed by atoms with van der Waals surface area (Å²) in [7, 11) is 0. The molecule has 6 heteroatoms. The number of aliphatic imine (C=N–C) groups is 1. The Morgan fingerprint density at radius 1 is 1.17 bits per heavy atom. The van der Waals surface area contributed by atoms with E-state index >= 15 is 0 Å². The van der Waals surface area contributed by atoms with Gasteiger partial charge in [-0.2, -0.15) is 4.99 Å². The summed E-state index contributed by atoms with van der Waals surface area (Å²) in [6, 6.07) is 8.74. The van der Waals surface area contributed by atoms with Gasteiger partial charge in [0.2, 0.25) is 5.13 Å². The van der Waals surface area contributed by atoms with Crippen LogP contribution >= 0.6 is 23.1 Å². The zero-order chi connectivity index (χ0) is 20.4. The Hall–Kier alpha value is -1.92. The summed E-state index contributed by atoms with van der Waals surface area (Å²) in [4.78, 5) is 25.3. The molecule has 1 aliphatic heterocycles. The van der Waals surface area contributed by atoms with Crippen molar-refractivity contribution in [2.24, 2.45) is 4.99 Å². The van der Waals surface area contributed by atoms with Crippen LogP contribution in [0.25, 0.3) is 6.08 Å². The van der Waals surface area contributed by atoms with Gasteiger partial charge in [0.1, 0.15) is 0 Å². The maximum atomic E-state index is 13.3. The molecule has 2 aliphatic rings. The number of thiazole rings is 1. The number of aryl methyl sites for hydroxylation is 1. The van der Waals surface area contributed by atoms with E-state index in [9.17, 15) is 4.79 Å². The van der Waals surface area contributed by atoms with Gasteiger partial charge in [0, 0.05) is 11.4 Å². The number of thioether (sulfide) groups is 1. The molecule has 2 fully saturated rings. The number of nitrogens with zero attached hydrogens (tertiary/aromatic N) is 3. The number of benzene rings is 1. The van der Waals surface area contributed by atoms with Gasteiger partial charge in [0.05, 0.1) is 10.6 Å². The highest BCUT2D eigenvalue weighted by atomic mass is 32.2. The first-order chi connectivity index (χ1) is 14.0. The predicted octanol–water partition coefficient (Wildman–Crippen LogP) is 6.51. The Morgan fingerprint density at radius 3 is 2.52 bits per heavy atom. The second kappa shape index (κ2) is 8.84. The number of amides is 1. The summed E-state index contributed by atoms with van der Waals surface area (Å²) in [6.07, 6.45) is 7.73. The highest BCUT2D eigenvalue weighted by Crippen LogP contribution is 2.38. The fourth-order valence-electron chi connectivity index (χ4n) is 3.83. The summed E-state index contributed by atoms with van der Waals surface area (Å²) >= 11 is 3.01. The smallest absolute Gasteiger partial charge is 0.267 e. The van der Waals surface area contributed by atoms with Crippen molar-refractivity contribution in [3.8, 4) is 0 Å². The van der Waals surface area contributed by atoms with Gasteiger partial charge in [-0.25, -0.2) is 4.98 Å². The van der Waals surface area contributed by atoms with E-state index in [4.69, 9.17) is 4.99 Å². The van der Waals surface area contributed by atoms with Gasteiger partial charge >= 0.3 is 0 Å². The van der Waals surface area contributed by atoms with Gasteiger partial charge in [0.25, 0.3) is 5.91 Å². The Balaban J connectivity index is 1.65. The minimum Gasteiger partial charge on any atom is -0.283 e. The van der Waals surface area contributed by atoms with Crippen molar-refractivity contribution in [2.75, 3.05) is 0 Å². The van der Waals surface area contributed by atoms with Crippen LogP contribution in [-0.4, -0.2) is 27.0 Å². The quantitative estimate of drug-likeness (QED) is 0.524. The van der Waals surface area contributed by atoms with Crippen molar-refractivity contribution in [1.82, 2.24) is 9.88 Å². The Labute approximate surface area is 181 Å². The molecule has 1 aliphatic carbocycles. The van der Waals surface area contributed by atoms with Crippen LogP contribution in [0.15, 0.2) is 39.5 Å². The summed E-state index contributed by atoms with van der Waals surface area (Å²) in [5.41, 5.74) is 3.33. The van der Waals surface area contributed by atoms with Crippen molar-refractivity contribution in [2.45, 2.75) is 64.8 Å². The third kappa shape index (κ3) is 4.64. The van der Waals surface area contributed by atoms with Crippen LogP contribution in [0.4, 0.5) is 5.13 Å². The van der Waals surface area contributed by atoms with Crippen molar-refractivity contribution in [1.29, 1.82) is 0 Å². The first-order valence-electron chi connectivity index (χ1n) is 10.3. The van der Waals surface area contributed by atoms with E-state index in [1.54, 1.807) is 0 Å². The highest BCUT2D eigenvalue weighted by Gasteiger charge is 2.38. The molecule has 4 nitrogen and oxygen atoms in total. The fourth-order valence-corrected chi connectivity index (χ4v) is 5.59. The molecule has 0 bridgehead atoms. The largest absolute Gasteiger partial charge is 0.283 e. The molecular weight excluding hydrogens is 398 g/mol. The van der Waals surface area contributed by atoms with E-state index in [1.165, 1.54) is 47.9 Å². The lowest BCUT2D eigenvalue weighted by Gasteiger charge is -2.30. The topological polar surface area (TPSA) is 45.6 Å². The molecule has 4 rings (SSSR count). The molecule has 2 aromatic rings. The normalized spacial score (nSPS) is 21.1. The molecule has 0 atom stereocenters. The fraction of sp³-hybridized carbons (Fsp3) is 0.435. The molecule has 0 unspecified atom stereocenters. The molecule has 29 heavy (non-hydrogen) atoms. The van der Waals surface area contributed by atoms with E-state index in [2.05, 4.69) is 43.1 Å². The van der Waals surface area contributed by atoms with Crippen LogP contribution in [0, 0.1) is 6.92 Å². The molecule has 1 amide bonds. The molecule has 0 radical (unpaired) electrons. The number of carbonyl (C=O) groups excluding carboxylic acids is 1. The van der Waals surface area contributed by atoms with Gasteiger partial charge in [-0.05, 0) is 54.6 Å². The van der Waals surface area contributed by atoms with Crippen LogP contribution < -0.4 is 0 Å².